The van der Waals surface area contributed by atoms with Crippen LogP contribution in [-0.4, -0.2) is 14.5 Å². The normalized spacial score (nSPS) is 10.6. The van der Waals surface area contributed by atoms with E-state index in [9.17, 15) is 8.78 Å². The first-order chi connectivity index (χ1) is 9.22. The van der Waals surface area contributed by atoms with E-state index in [1.165, 1.54) is 33.1 Å². The van der Waals surface area contributed by atoms with E-state index in [2.05, 4.69) is 12.1 Å². The topological polar surface area (TPSA) is 0 Å². The second-order valence-electron chi connectivity index (χ2n) is 4.18. The quantitative estimate of drug-likeness (QED) is 0.616. The third-order valence-electron chi connectivity index (χ3n) is 2.86. The van der Waals surface area contributed by atoms with Crippen molar-refractivity contribution in [2.45, 2.75) is 0 Å². The average molecular weight is 319 g/mol. The summed E-state index contributed by atoms with van der Waals surface area (Å²) in [6.45, 7) is 0. The van der Waals surface area contributed by atoms with E-state index in [1.54, 1.807) is 24.3 Å². The van der Waals surface area contributed by atoms with Crippen LogP contribution in [0.25, 0.3) is 20.0 Å². The standard InChI is InChI=1S/C16H10F2Se/c17-13-5-1-11(2-6-13)15-9-10-16(19-15)12-3-7-14(18)8-4-12/h1-10H. The second kappa shape index (κ2) is 5.12. The van der Waals surface area contributed by atoms with E-state index < -0.39 is 0 Å². The monoisotopic (exact) mass is 320 g/mol. The van der Waals surface area contributed by atoms with Crippen LogP contribution >= 0.6 is 0 Å². The van der Waals surface area contributed by atoms with Gasteiger partial charge in [0, 0.05) is 0 Å². The summed E-state index contributed by atoms with van der Waals surface area (Å²) >= 11 is 0.176. The summed E-state index contributed by atoms with van der Waals surface area (Å²) in [5.41, 5.74) is 2.10. The molecule has 1 aromatic heterocycles. The van der Waals surface area contributed by atoms with Crippen molar-refractivity contribution in [3.63, 3.8) is 0 Å². The number of hydrogen-bond donors (Lipinski definition) is 0. The van der Waals surface area contributed by atoms with Crippen LogP contribution in [0, 0.1) is 11.6 Å². The van der Waals surface area contributed by atoms with E-state index in [1.807, 2.05) is 0 Å². The first-order valence-electron chi connectivity index (χ1n) is 5.84. The summed E-state index contributed by atoms with van der Waals surface area (Å²) in [6.07, 6.45) is 0. The predicted octanol–water partition coefficient (Wildman–Crippen LogP) is 4.36. The summed E-state index contributed by atoms with van der Waals surface area (Å²) in [5, 5.41) is 0. The molecule has 0 fully saturated rings. The summed E-state index contributed by atoms with van der Waals surface area (Å²) in [6, 6.07) is 17.2. The zero-order chi connectivity index (χ0) is 13.2. The van der Waals surface area contributed by atoms with Gasteiger partial charge in [-0.1, -0.05) is 0 Å². The molecule has 0 aliphatic rings. The van der Waals surface area contributed by atoms with Gasteiger partial charge in [0.05, 0.1) is 0 Å². The number of halogens is 2. The van der Waals surface area contributed by atoms with Crippen LogP contribution in [0.3, 0.4) is 0 Å². The molecule has 3 rings (SSSR count). The van der Waals surface area contributed by atoms with Crippen molar-refractivity contribution in [3.05, 3.63) is 72.3 Å². The van der Waals surface area contributed by atoms with Crippen molar-refractivity contribution in [2.24, 2.45) is 0 Å². The molecule has 0 aliphatic heterocycles. The molecule has 0 nitrogen and oxygen atoms in total. The molecule has 19 heavy (non-hydrogen) atoms. The molecule has 0 unspecified atom stereocenters. The fraction of sp³-hybridized carbons (Fsp3) is 0. The minimum atomic E-state index is -0.221. The maximum atomic E-state index is 12.9. The third-order valence-corrected chi connectivity index (χ3v) is 5.35. The summed E-state index contributed by atoms with van der Waals surface area (Å²) in [5.74, 6) is -0.442. The third kappa shape index (κ3) is 2.67. The molecule has 0 amide bonds. The number of benzene rings is 2. The van der Waals surface area contributed by atoms with Crippen LogP contribution in [0.15, 0.2) is 60.7 Å². The molecule has 2 aromatic carbocycles. The van der Waals surface area contributed by atoms with Gasteiger partial charge < -0.3 is 0 Å². The van der Waals surface area contributed by atoms with Gasteiger partial charge in [-0.2, -0.15) is 0 Å². The first-order valence-corrected chi connectivity index (χ1v) is 7.55. The molecule has 0 spiro atoms. The van der Waals surface area contributed by atoms with Gasteiger partial charge in [0.25, 0.3) is 0 Å². The van der Waals surface area contributed by atoms with Crippen LogP contribution in [0.1, 0.15) is 0 Å². The Morgan fingerprint density at radius 3 is 1.26 bits per heavy atom. The fourth-order valence-electron chi connectivity index (χ4n) is 1.88. The molecule has 3 aromatic rings. The zero-order valence-corrected chi connectivity index (χ0v) is 11.7. The van der Waals surface area contributed by atoms with Gasteiger partial charge in [-0.15, -0.1) is 0 Å². The van der Waals surface area contributed by atoms with E-state index in [4.69, 9.17) is 0 Å². The van der Waals surface area contributed by atoms with Crippen molar-refractivity contribution in [3.8, 4) is 20.0 Å². The van der Waals surface area contributed by atoms with Crippen molar-refractivity contribution < 1.29 is 8.78 Å². The molecule has 0 saturated heterocycles. The van der Waals surface area contributed by atoms with Gasteiger partial charge >= 0.3 is 116 Å². The first kappa shape index (κ1) is 12.3. The predicted molar refractivity (Wildman–Crippen MR) is 74.2 cm³/mol. The van der Waals surface area contributed by atoms with E-state index in [0.717, 1.165) is 11.1 Å². The van der Waals surface area contributed by atoms with Gasteiger partial charge in [-0.05, 0) is 0 Å². The SMILES string of the molecule is Fc1ccc(-c2ccc(-c3ccc(F)cc3)[se]2)cc1. The van der Waals surface area contributed by atoms with Gasteiger partial charge in [-0.3, -0.25) is 0 Å². The molecule has 3 heteroatoms. The molecule has 0 radical (unpaired) electrons. The molecular weight excluding hydrogens is 309 g/mol. The number of hydrogen-bond acceptors (Lipinski definition) is 0. The Morgan fingerprint density at radius 1 is 0.526 bits per heavy atom. The van der Waals surface area contributed by atoms with Gasteiger partial charge in [0.2, 0.25) is 0 Å². The van der Waals surface area contributed by atoms with Gasteiger partial charge in [0.15, 0.2) is 0 Å². The Morgan fingerprint density at radius 2 is 0.895 bits per heavy atom. The van der Waals surface area contributed by atoms with Crippen LogP contribution in [0.5, 0.6) is 0 Å². The van der Waals surface area contributed by atoms with Crippen LogP contribution < -0.4 is 0 Å². The molecule has 94 valence electrons. The molecule has 0 bridgehead atoms. The maximum absolute atomic E-state index is 12.9. The van der Waals surface area contributed by atoms with E-state index in [-0.39, 0.29) is 26.1 Å². The Balaban J connectivity index is 1.95. The van der Waals surface area contributed by atoms with Crippen molar-refractivity contribution in [1.29, 1.82) is 0 Å². The number of rotatable bonds is 2. The van der Waals surface area contributed by atoms with Crippen molar-refractivity contribution in [1.82, 2.24) is 0 Å². The van der Waals surface area contributed by atoms with Crippen LogP contribution in [0.4, 0.5) is 8.78 Å². The summed E-state index contributed by atoms with van der Waals surface area (Å²) < 4.78 is 28.2. The van der Waals surface area contributed by atoms with Gasteiger partial charge in [-0.25, -0.2) is 0 Å². The second-order valence-corrected chi connectivity index (χ2v) is 6.45. The molecule has 0 N–H and O–H groups in total. The van der Waals surface area contributed by atoms with Gasteiger partial charge in [0.1, 0.15) is 0 Å². The molecule has 1 heterocycles. The van der Waals surface area contributed by atoms with Crippen molar-refractivity contribution in [2.75, 3.05) is 0 Å². The Hall–Kier alpha value is -1.70. The summed E-state index contributed by atoms with van der Waals surface area (Å²) in [7, 11) is 0. The molecule has 0 atom stereocenters. The molecule has 0 saturated carbocycles. The van der Waals surface area contributed by atoms with E-state index >= 15 is 0 Å². The Bertz CT molecular complexity index is 622. The molecular formula is C16H10F2Se. The average Bonchev–Trinajstić information content (AvgIpc) is 2.90. The van der Waals surface area contributed by atoms with Crippen LogP contribution in [-0.2, 0) is 0 Å². The Kier molecular flexibility index (Phi) is 3.32. The zero-order valence-electron chi connectivity index (χ0n) is 9.94. The molecule has 0 aliphatic carbocycles. The summed E-state index contributed by atoms with van der Waals surface area (Å²) in [4.78, 5) is 0. The van der Waals surface area contributed by atoms with Crippen LogP contribution in [0.2, 0.25) is 0 Å². The fourth-order valence-corrected chi connectivity index (χ4v) is 4.01. The Labute approximate surface area is 116 Å². The minimum absolute atomic E-state index is 0.176. The van der Waals surface area contributed by atoms with Crippen molar-refractivity contribution >= 4 is 14.5 Å². The van der Waals surface area contributed by atoms with E-state index in [0.29, 0.717) is 0 Å².